The molecule has 7 nitrogen and oxygen atoms in total. The van der Waals surface area contributed by atoms with Crippen LogP contribution in [0, 0.1) is 5.92 Å². The molecule has 18 heavy (non-hydrogen) atoms. The molecule has 1 saturated heterocycles. The van der Waals surface area contributed by atoms with Gasteiger partial charge < -0.3 is 15.9 Å². The summed E-state index contributed by atoms with van der Waals surface area (Å²) in [4.78, 5) is 30.8. The predicted molar refractivity (Wildman–Crippen MR) is 64.1 cm³/mol. The number of nitrogens with one attached hydrogen (secondary N) is 1. The minimum atomic E-state index is -1.07. The van der Waals surface area contributed by atoms with Gasteiger partial charge in [0.25, 0.3) is 0 Å². The molecule has 0 aliphatic carbocycles. The number of aliphatic carboxylic acids is 2. The van der Waals surface area contributed by atoms with Gasteiger partial charge in [0.2, 0.25) is 0 Å². The summed E-state index contributed by atoms with van der Waals surface area (Å²) in [7, 11) is 0. The molecular weight excluding hydrogens is 240 g/mol. The lowest BCUT2D eigenvalue weighted by Crippen LogP contribution is -2.35. The van der Waals surface area contributed by atoms with Crippen LogP contribution in [0.2, 0.25) is 0 Å². The average Bonchev–Trinajstić information content (AvgIpc) is 2.64. The highest BCUT2D eigenvalue weighted by Crippen LogP contribution is 2.01. The van der Waals surface area contributed by atoms with Crippen LogP contribution in [0.1, 0.15) is 26.7 Å². The summed E-state index contributed by atoms with van der Waals surface area (Å²) < 4.78 is 0. The van der Waals surface area contributed by atoms with Crippen molar-refractivity contribution in [2.75, 3.05) is 6.54 Å². The maximum absolute atomic E-state index is 10.6. The Morgan fingerprint density at radius 3 is 2.17 bits per heavy atom. The van der Waals surface area contributed by atoms with E-state index >= 15 is 0 Å². The van der Waals surface area contributed by atoms with Crippen molar-refractivity contribution < 1.29 is 24.6 Å². The molecule has 0 amide bonds. The lowest BCUT2D eigenvalue weighted by molar-refractivity contribution is -0.142. The quantitative estimate of drug-likeness (QED) is 0.499. The molecule has 0 radical (unpaired) electrons. The van der Waals surface area contributed by atoms with Crippen LogP contribution in [0.3, 0.4) is 0 Å². The lowest BCUT2D eigenvalue weighted by atomic mass is 10.1. The molecule has 0 saturated carbocycles. The van der Waals surface area contributed by atoms with E-state index in [1.165, 1.54) is 0 Å². The molecular formula is C11H20N2O5. The molecule has 0 aromatic rings. The van der Waals surface area contributed by atoms with Gasteiger partial charge in [0.1, 0.15) is 6.04 Å². The molecule has 1 aliphatic rings. The fraction of sp³-hybridized carbons (Fsp3) is 0.727. The van der Waals surface area contributed by atoms with Crippen molar-refractivity contribution >= 4 is 17.7 Å². The van der Waals surface area contributed by atoms with E-state index in [2.05, 4.69) is 5.32 Å². The molecule has 0 bridgehead atoms. The second kappa shape index (κ2) is 7.78. The number of carbonyl (C=O) groups excluding carboxylic acids is 1. The average molecular weight is 260 g/mol. The first-order chi connectivity index (χ1) is 8.25. The maximum Gasteiger partial charge on any atom is 0.328 e. The molecule has 7 heteroatoms. The monoisotopic (exact) mass is 260 g/mol. The van der Waals surface area contributed by atoms with Crippen LogP contribution in [-0.2, 0) is 14.4 Å². The van der Waals surface area contributed by atoms with Gasteiger partial charge in [0, 0.05) is 13.0 Å². The topological polar surface area (TPSA) is 130 Å². The summed E-state index contributed by atoms with van der Waals surface area (Å²) in [6, 6.07) is -1.63. The highest BCUT2D eigenvalue weighted by Gasteiger charge is 2.29. The van der Waals surface area contributed by atoms with Crippen LogP contribution in [-0.4, -0.2) is 46.6 Å². The van der Waals surface area contributed by atoms with Gasteiger partial charge in [-0.25, -0.2) is 0 Å². The first-order valence-electron chi connectivity index (χ1n) is 5.73. The summed E-state index contributed by atoms with van der Waals surface area (Å²) in [6.07, 6.45) is 0.895. The highest BCUT2D eigenvalue weighted by molar-refractivity contribution is 6.03. The summed E-state index contributed by atoms with van der Waals surface area (Å²) in [5, 5.41) is 19.2. The van der Waals surface area contributed by atoms with Crippen LogP contribution in [0.5, 0.6) is 0 Å². The van der Waals surface area contributed by atoms with Gasteiger partial charge in [-0.15, -0.1) is 0 Å². The number of carbonyl (C=O) groups is 3. The second-order valence-corrected chi connectivity index (χ2v) is 4.52. The zero-order valence-electron chi connectivity index (χ0n) is 10.5. The fourth-order valence-corrected chi connectivity index (χ4v) is 1.43. The summed E-state index contributed by atoms with van der Waals surface area (Å²) >= 11 is 0. The van der Waals surface area contributed by atoms with Gasteiger partial charge in [0.15, 0.2) is 11.8 Å². The third-order valence-corrected chi connectivity index (χ3v) is 2.33. The van der Waals surface area contributed by atoms with Crippen molar-refractivity contribution in [3.63, 3.8) is 0 Å². The minimum Gasteiger partial charge on any atom is -0.480 e. The van der Waals surface area contributed by atoms with Gasteiger partial charge in [-0.1, -0.05) is 13.8 Å². The molecule has 1 rings (SSSR count). The Kier molecular flexibility index (Phi) is 7.14. The highest BCUT2D eigenvalue weighted by atomic mass is 16.4. The molecule has 5 N–H and O–H groups in total. The molecule has 0 aromatic carbocycles. The first-order valence-corrected chi connectivity index (χ1v) is 5.73. The Morgan fingerprint density at radius 1 is 1.44 bits per heavy atom. The number of hydrogen-bond donors (Lipinski definition) is 4. The number of rotatable bonds is 4. The number of Topliss-reactive ketones (excluding diaryl/α,β-unsaturated/α-hetero) is 1. The smallest absolute Gasteiger partial charge is 0.328 e. The molecule has 1 aliphatic heterocycles. The van der Waals surface area contributed by atoms with Crippen molar-refractivity contribution in [1.82, 2.24) is 5.32 Å². The number of hydrogen-bond acceptors (Lipinski definition) is 5. The van der Waals surface area contributed by atoms with Crippen LogP contribution in [0.25, 0.3) is 0 Å². The zero-order valence-corrected chi connectivity index (χ0v) is 10.5. The van der Waals surface area contributed by atoms with Gasteiger partial charge in [-0.3, -0.25) is 19.7 Å². The predicted octanol–water partition coefficient (Wildman–Crippen LogP) is -0.554. The molecule has 1 unspecified atom stereocenters. The molecule has 104 valence electrons. The number of nitrogens with two attached hydrogens (primary N) is 1. The third-order valence-electron chi connectivity index (χ3n) is 2.33. The SMILES string of the molecule is CC(C)CC(N)C(=O)O.O=C(O)[C@H]1NCCC1=O. The number of carboxylic acid groups (broad SMARTS) is 2. The first kappa shape index (κ1) is 16.5. The molecule has 0 spiro atoms. The standard InChI is InChI=1S/C6H13NO2.C5H7NO3/c1-4(2)3-5(7)6(8)9;7-3-1-2-6-4(3)5(8)9/h4-5H,3,7H2,1-2H3,(H,8,9);4,6H,1-2H2,(H,8,9)/t;4-/m.0/s1. The van der Waals surface area contributed by atoms with Gasteiger partial charge in [-0.05, 0) is 12.3 Å². The van der Waals surface area contributed by atoms with Crippen molar-refractivity contribution in [3.05, 3.63) is 0 Å². The molecule has 1 fully saturated rings. The Balaban J connectivity index is 0.000000321. The zero-order chi connectivity index (χ0) is 14.3. The van der Waals surface area contributed by atoms with E-state index in [0.29, 0.717) is 25.3 Å². The van der Waals surface area contributed by atoms with E-state index in [0.717, 1.165) is 0 Å². The molecule has 0 aromatic heterocycles. The molecule has 2 atom stereocenters. The van der Waals surface area contributed by atoms with Crippen molar-refractivity contribution in [3.8, 4) is 0 Å². The van der Waals surface area contributed by atoms with Crippen molar-refractivity contribution in [1.29, 1.82) is 0 Å². The Hall–Kier alpha value is -1.47. The number of ketones is 1. The van der Waals surface area contributed by atoms with Gasteiger partial charge in [0.05, 0.1) is 0 Å². The lowest BCUT2D eigenvalue weighted by Gasteiger charge is -2.07. The van der Waals surface area contributed by atoms with E-state index in [9.17, 15) is 14.4 Å². The largest absolute Gasteiger partial charge is 0.480 e. The van der Waals surface area contributed by atoms with E-state index in [1.54, 1.807) is 0 Å². The summed E-state index contributed by atoms with van der Waals surface area (Å²) in [6.45, 7) is 4.39. The molecule has 1 heterocycles. The Bertz CT molecular complexity index is 317. The second-order valence-electron chi connectivity index (χ2n) is 4.52. The van der Waals surface area contributed by atoms with E-state index in [4.69, 9.17) is 15.9 Å². The maximum atomic E-state index is 10.6. The third kappa shape index (κ3) is 6.31. The van der Waals surface area contributed by atoms with Gasteiger partial charge in [-0.2, -0.15) is 0 Å². The normalized spacial score (nSPS) is 20.2. The van der Waals surface area contributed by atoms with E-state index < -0.39 is 24.0 Å². The van der Waals surface area contributed by atoms with Crippen LogP contribution in [0.15, 0.2) is 0 Å². The van der Waals surface area contributed by atoms with Crippen LogP contribution < -0.4 is 11.1 Å². The van der Waals surface area contributed by atoms with Crippen molar-refractivity contribution in [2.45, 2.75) is 38.8 Å². The minimum absolute atomic E-state index is 0.220. The summed E-state index contributed by atoms with van der Waals surface area (Å²) in [5.41, 5.74) is 5.22. The Morgan fingerprint density at radius 2 is 2.00 bits per heavy atom. The fourth-order valence-electron chi connectivity index (χ4n) is 1.43. The number of carboxylic acids is 2. The van der Waals surface area contributed by atoms with E-state index in [1.807, 2.05) is 13.8 Å². The van der Waals surface area contributed by atoms with Crippen LogP contribution >= 0.6 is 0 Å². The van der Waals surface area contributed by atoms with Crippen molar-refractivity contribution in [2.24, 2.45) is 11.7 Å². The van der Waals surface area contributed by atoms with Crippen LogP contribution in [0.4, 0.5) is 0 Å². The van der Waals surface area contributed by atoms with E-state index in [-0.39, 0.29) is 5.78 Å². The summed E-state index contributed by atoms with van der Waals surface area (Å²) in [5.74, 6) is -1.85. The Labute approximate surface area is 105 Å². The van der Waals surface area contributed by atoms with Gasteiger partial charge >= 0.3 is 11.9 Å².